The molecule has 0 aromatic heterocycles. The zero-order chi connectivity index (χ0) is 19.1. The van der Waals surface area contributed by atoms with Gasteiger partial charge in [0, 0.05) is 5.92 Å². The summed E-state index contributed by atoms with van der Waals surface area (Å²) in [5.74, 6) is 1.59. The van der Waals surface area contributed by atoms with Crippen molar-refractivity contribution < 1.29 is 0 Å². The molecule has 1 fully saturated rings. The van der Waals surface area contributed by atoms with Gasteiger partial charge in [0.15, 0.2) is 0 Å². The molecule has 135 valence electrons. The van der Waals surface area contributed by atoms with Crippen LogP contribution in [0.1, 0.15) is 28.2 Å². The Bertz CT molecular complexity index is 973. The van der Waals surface area contributed by atoms with Crippen molar-refractivity contribution in [1.29, 1.82) is 0 Å². The summed E-state index contributed by atoms with van der Waals surface area (Å²) in [5.41, 5.74) is 10.9. The van der Waals surface area contributed by atoms with Gasteiger partial charge in [-0.25, -0.2) is 0 Å². The number of hydrogen-bond donors (Lipinski definition) is 0. The summed E-state index contributed by atoms with van der Waals surface area (Å²) >= 11 is 0. The molecule has 0 saturated heterocycles. The van der Waals surface area contributed by atoms with Gasteiger partial charge < -0.3 is 0 Å². The summed E-state index contributed by atoms with van der Waals surface area (Å²) in [6.07, 6.45) is 8.83. The molecule has 0 heteroatoms. The van der Waals surface area contributed by atoms with Crippen LogP contribution in [-0.4, -0.2) is 0 Å². The monoisotopic (exact) mass is 359 g/mol. The largest absolute Gasteiger partial charge is 0.0622 e. The van der Waals surface area contributed by atoms with Crippen LogP contribution in [0.3, 0.4) is 0 Å². The van der Waals surface area contributed by atoms with E-state index >= 15 is 0 Å². The maximum atomic E-state index is 2.39. The van der Waals surface area contributed by atoms with Crippen molar-refractivity contribution in [2.45, 2.75) is 19.8 Å². The van der Waals surface area contributed by atoms with Crippen molar-refractivity contribution in [2.24, 2.45) is 0 Å². The summed E-state index contributed by atoms with van der Waals surface area (Å²) in [6.45, 7) is 4.45. The lowest BCUT2D eigenvalue weighted by atomic mass is 9.78. The van der Waals surface area contributed by atoms with Gasteiger partial charge in [0.1, 0.15) is 0 Å². The van der Waals surface area contributed by atoms with Crippen molar-refractivity contribution in [3.05, 3.63) is 127 Å². The normalized spacial score (nSPS) is 15.1. The van der Waals surface area contributed by atoms with E-state index in [-0.39, 0.29) is 5.92 Å². The van der Waals surface area contributed by atoms with Gasteiger partial charge >= 0.3 is 0 Å². The highest BCUT2D eigenvalue weighted by Gasteiger charge is 2.34. The summed E-state index contributed by atoms with van der Waals surface area (Å²) in [6, 6.07) is 26.6. The lowest BCUT2D eigenvalue weighted by Crippen LogP contribution is -2.10. The van der Waals surface area contributed by atoms with Gasteiger partial charge in [-0.2, -0.15) is 0 Å². The smallest absolute Gasteiger partial charge is 0.0170 e. The molecule has 0 aromatic rings. The molecule has 5 radical (unpaired) electrons. The van der Waals surface area contributed by atoms with Crippen LogP contribution in [0.4, 0.5) is 0 Å². The zero-order valence-corrected chi connectivity index (χ0v) is 16.3. The van der Waals surface area contributed by atoms with Crippen molar-refractivity contribution in [1.82, 2.24) is 0 Å². The fraction of sp³-hybridized carbons (Fsp3) is 0.107. The Morgan fingerprint density at radius 2 is 0.964 bits per heavy atom. The van der Waals surface area contributed by atoms with Gasteiger partial charge in [0.2, 0.25) is 0 Å². The van der Waals surface area contributed by atoms with Crippen LogP contribution in [0.15, 0.2) is 72.8 Å². The van der Waals surface area contributed by atoms with Gasteiger partial charge in [-0.05, 0) is 90.0 Å². The first kappa shape index (κ1) is 17.5. The number of rotatable bonds is 3. The third kappa shape index (κ3) is 2.83. The zero-order valence-electron chi connectivity index (χ0n) is 16.3. The Morgan fingerprint density at radius 3 is 1.43 bits per heavy atom. The summed E-state index contributed by atoms with van der Waals surface area (Å²) in [7, 11) is 0. The molecule has 28 heavy (non-hydrogen) atoms. The molecule has 5 aliphatic rings. The van der Waals surface area contributed by atoms with E-state index in [0.29, 0.717) is 0 Å². The lowest BCUT2D eigenvalue weighted by Gasteiger charge is -2.24. The molecule has 0 amide bonds. The minimum atomic E-state index is 0.229. The molecule has 0 heterocycles. The van der Waals surface area contributed by atoms with Crippen molar-refractivity contribution >= 4 is 0 Å². The Morgan fingerprint density at radius 1 is 0.536 bits per heavy atom. The molecule has 0 aromatic carbocycles. The van der Waals surface area contributed by atoms with Gasteiger partial charge in [-0.3, -0.25) is 0 Å². The van der Waals surface area contributed by atoms with Crippen LogP contribution >= 0.6 is 0 Å². The third-order valence-electron chi connectivity index (χ3n) is 5.94. The topological polar surface area (TPSA) is 0 Å². The Hall–Kier alpha value is -2.60. The fourth-order valence-corrected chi connectivity index (χ4v) is 4.65. The molecule has 5 rings (SSSR count). The first-order valence-corrected chi connectivity index (χ1v) is 9.92. The van der Waals surface area contributed by atoms with E-state index < -0.39 is 0 Å². The second-order valence-electron chi connectivity index (χ2n) is 7.69. The van der Waals surface area contributed by atoms with E-state index in [0.717, 1.165) is 0 Å². The van der Waals surface area contributed by atoms with E-state index in [1.165, 1.54) is 50.4 Å². The Balaban J connectivity index is 1.75. The van der Waals surface area contributed by atoms with Crippen LogP contribution in [-0.2, 0) is 0 Å². The molecule has 0 atom stereocenters. The van der Waals surface area contributed by atoms with Crippen molar-refractivity contribution in [3.63, 3.8) is 0 Å². The first-order chi connectivity index (χ1) is 13.7. The predicted octanol–water partition coefficient (Wildman–Crippen LogP) is 7.05. The molecule has 0 spiro atoms. The average molecular weight is 359 g/mol. The first-order valence-electron chi connectivity index (χ1n) is 9.92. The fourth-order valence-electron chi connectivity index (χ4n) is 4.65. The lowest BCUT2D eigenvalue weighted by molar-refractivity contribution is 0.886. The molecular weight excluding hydrogens is 336 g/mol. The summed E-state index contributed by atoms with van der Waals surface area (Å²) < 4.78 is 0. The maximum Gasteiger partial charge on any atom is 0.0170 e. The average Bonchev–Trinajstić information content (AvgIpc) is 3.25. The van der Waals surface area contributed by atoms with E-state index in [4.69, 9.17) is 0 Å². The highest BCUT2D eigenvalue weighted by Crippen LogP contribution is 2.50. The van der Waals surface area contributed by atoms with Gasteiger partial charge in [0.25, 0.3) is 0 Å². The highest BCUT2D eigenvalue weighted by atomic mass is 14.4. The minimum absolute atomic E-state index is 0.229. The van der Waals surface area contributed by atoms with Crippen LogP contribution in [0.2, 0.25) is 0 Å². The maximum absolute atomic E-state index is 2.39. The van der Waals surface area contributed by atoms with E-state index in [1.807, 2.05) is 0 Å². The van der Waals surface area contributed by atoms with E-state index in [1.54, 1.807) is 0 Å². The Labute approximate surface area is 168 Å². The molecule has 5 aliphatic carbocycles. The SMILES string of the molecule is Cc1cc(C([C]2[CH][CH][CH][CH]2)c2cc(C)c3cccccc2-3)c2cccccc1-2. The number of fused-ring (bicyclic) bond motifs is 2. The second kappa shape index (κ2) is 7.09. The highest BCUT2D eigenvalue weighted by molar-refractivity contribution is 5.81. The quantitative estimate of drug-likeness (QED) is 0.367. The summed E-state index contributed by atoms with van der Waals surface area (Å²) in [4.78, 5) is 0. The van der Waals surface area contributed by atoms with E-state index in [2.05, 4.69) is 112 Å². The molecule has 0 bridgehead atoms. The van der Waals surface area contributed by atoms with Crippen LogP contribution < -0.4 is 0 Å². The number of hydrogen-bond acceptors (Lipinski definition) is 0. The van der Waals surface area contributed by atoms with Gasteiger partial charge in [-0.1, -0.05) is 72.8 Å². The Kier molecular flexibility index (Phi) is 4.43. The van der Waals surface area contributed by atoms with E-state index in [9.17, 15) is 0 Å². The number of aryl methyl sites for hydroxylation is 2. The molecular formula is C28H23. The van der Waals surface area contributed by atoms with Gasteiger partial charge in [0.05, 0.1) is 0 Å². The molecule has 0 aliphatic heterocycles. The third-order valence-corrected chi connectivity index (χ3v) is 5.94. The molecule has 0 unspecified atom stereocenters. The van der Waals surface area contributed by atoms with Gasteiger partial charge in [-0.15, -0.1) is 0 Å². The molecule has 1 saturated carbocycles. The van der Waals surface area contributed by atoms with Crippen LogP contribution in [0, 0.1) is 45.4 Å². The molecule has 0 N–H and O–H groups in total. The predicted molar refractivity (Wildman–Crippen MR) is 118 cm³/mol. The van der Waals surface area contributed by atoms with Crippen molar-refractivity contribution in [2.75, 3.05) is 0 Å². The standard InChI is InChI=1S/C28H23/c1-19-17-26(24-15-7-3-5-13-22(19)24)28(21-11-9-10-12-21)27-18-20(2)23-14-6-4-8-16-25(23)27/h3-18,28H,1-2H3. The summed E-state index contributed by atoms with van der Waals surface area (Å²) in [5, 5.41) is 0. The van der Waals surface area contributed by atoms with Crippen molar-refractivity contribution in [3.8, 4) is 22.3 Å². The van der Waals surface area contributed by atoms with Crippen LogP contribution in [0.5, 0.6) is 0 Å². The molecule has 0 nitrogen and oxygen atoms in total. The second-order valence-corrected chi connectivity index (χ2v) is 7.69. The van der Waals surface area contributed by atoms with Crippen LogP contribution in [0.25, 0.3) is 22.3 Å². The minimum Gasteiger partial charge on any atom is -0.0622 e.